The summed E-state index contributed by atoms with van der Waals surface area (Å²) in [4.78, 5) is 26.9. The molecule has 102 heavy (non-hydrogen) atoms. The van der Waals surface area contributed by atoms with E-state index in [9.17, 15) is 17.6 Å². The summed E-state index contributed by atoms with van der Waals surface area (Å²) >= 11 is 0. The van der Waals surface area contributed by atoms with E-state index in [1.54, 1.807) is 11.9 Å². The average Bonchev–Trinajstić information content (AvgIpc) is 1.54. The van der Waals surface area contributed by atoms with Crippen molar-refractivity contribution in [3.8, 4) is 0 Å². The lowest BCUT2D eigenvalue weighted by Gasteiger charge is -2.32. The van der Waals surface area contributed by atoms with Crippen LogP contribution in [-0.2, 0) is 4.74 Å². The second-order valence-electron chi connectivity index (χ2n) is 25.1. The molecule has 0 aliphatic carbocycles. The maximum atomic E-state index is 12.4. The fraction of sp³-hybridized carbons (Fsp3) is 1.00. The summed E-state index contributed by atoms with van der Waals surface area (Å²) in [7, 11) is 35.3. The molecular weight excluding hydrogens is 1290 g/mol. The van der Waals surface area contributed by atoms with Crippen molar-refractivity contribution in [2.75, 3.05) is 290 Å². The maximum absolute atomic E-state index is 12.4. The Labute approximate surface area is 644 Å². The van der Waals surface area contributed by atoms with Crippen LogP contribution >= 0.6 is 0 Å². The molecule has 3 N–H and O–H groups in total. The number of hydrogen-bond acceptors (Lipinski definition) is 16. The Kier molecular flexibility index (Phi) is 139. The molecule has 0 aromatic carbocycles. The highest BCUT2D eigenvalue weighted by molar-refractivity contribution is 4.79. The first-order valence-corrected chi connectivity index (χ1v) is 42.1. The van der Waals surface area contributed by atoms with Crippen molar-refractivity contribution in [1.82, 2.24) is 74.7 Å². The molecule has 0 aromatic heterocycles. The van der Waals surface area contributed by atoms with Gasteiger partial charge in [0.05, 0.1) is 19.8 Å². The van der Waals surface area contributed by atoms with Gasteiger partial charge in [0.2, 0.25) is 0 Å². The van der Waals surface area contributed by atoms with Gasteiger partial charge in [-0.2, -0.15) is 0 Å². The Balaban J connectivity index is -0.0000000764. The number of nitrogens with one attached hydrogen (secondary N) is 3. The maximum Gasteiger partial charge on any atom is 0.261 e. The number of piperidine rings is 3. The monoisotopic (exact) mass is 1490 g/mol. The quantitative estimate of drug-likeness (QED) is 0.107. The van der Waals surface area contributed by atoms with Gasteiger partial charge in [0, 0.05) is 90.8 Å². The zero-order chi connectivity index (χ0) is 82.8. The molecule has 7 fully saturated rings. The van der Waals surface area contributed by atoms with Gasteiger partial charge >= 0.3 is 0 Å². The summed E-state index contributed by atoms with van der Waals surface area (Å²) in [5, 5.41) is 9.39. The Bertz CT molecular complexity index is 1270. The van der Waals surface area contributed by atoms with E-state index in [0.717, 1.165) is 57.9 Å². The van der Waals surface area contributed by atoms with Crippen LogP contribution in [0, 0.1) is 5.92 Å². The molecule has 0 amide bonds. The summed E-state index contributed by atoms with van der Waals surface area (Å²) in [6.07, 6.45) is 12.4. The Morgan fingerprint density at radius 2 is 0.686 bits per heavy atom. The smallest absolute Gasteiger partial charge is 0.261 e. The molecule has 7 saturated heterocycles. The molecule has 1 unspecified atom stereocenters. The van der Waals surface area contributed by atoms with Crippen LogP contribution in [0.15, 0.2) is 0 Å². The van der Waals surface area contributed by atoms with Crippen molar-refractivity contribution >= 4 is 0 Å². The highest BCUT2D eigenvalue weighted by Crippen LogP contribution is 2.27. The number of likely N-dealkylation sites (N-methyl/N-ethyl adjacent to an activating group) is 3. The summed E-state index contributed by atoms with van der Waals surface area (Å²) in [5.74, 6) is -4.04. The second kappa shape index (κ2) is 109. The van der Waals surface area contributed by atoms with Crippen LogP contribution in [0.4, 0.5) is 17.6 Å². The van der Waals surface area contributed by atoms with Gasteiger partial charge in [-0.05, 0) is 262 Å². The zero-order valence-corrected chi connectivity index (χ0v) is 77.8. The third-order valence-corrected chi connectivity index (χ3v) is 15.4. The standard InChI is InChI=1S/C8H18N2.C8H20N2.C7H18N2.C6H11F2N.C6H14N2.C6H16N2.C6H13N.C5H9F2N.C5H11NO.C5H11N.10C2H6/c1-9(2)8-4-6-10(3)7-5-8;1-4-10(5-2)8-6-7-9-3;1-7(5-8-2)6-9(3)4;1-9-4-2-6(7,8)3-5-9;1-7-3-5-8(2)6-4-7;1-7-5-4-6-8(2)3;1-7-5-3-2-4-6-7;1-8-3-2-5(6,7)4-8;1-6-2-4-7-5-3-6;1-6-4-2-3-5-6;10*1-2/h8H,4-7H2,1-3H3;9H,4-8H2,1-3H3;7-8H,5-6H2,1-4H3;2-5H2,1H3;3-6H2,1-2H3;7H,4-6H2,1-3H3;2-6H2,1H3;2-4H2,1H3;2-5H2,1H3;2-5H2,1H3;10*1-2H3. The number of ether oxygens (including phenoxy) is 1. The van der Waals surface area contributed by atoms with E-state index >= 15 is 0 Å². The van der Waals surface area contributed by atoms with Crippen LogP contribution in [0.3, 0.4) is 0 Å². The molecule has 7 aliphatic heterocycles. The topological polar surface area (TPSA) is 84.2 Å². The Morgan fingerprint density at radius 1 is 0.382 bits per heavy atom. The molecule has 16 nitrogen and oxygen atoms in total. The lowest BCUT2D eigenvalue weighted by molar-refractivity contribution is -0.0504. The van der Waals surface area contributed by atoms with E-state index < -0.39 is 11.8 Å². The summed E-state index contributed by atoms with van der Waals surface area (Å²) < 4.78 is 54.1. The molecule has 0 radical (unpaired) electrons. The first kappa shape index (κ1) is 130. The van der Waals surface area contributed by atoms with E-state index in [1.165, 1.54) is 156 Å². The minimum absolute atomic E-state index is 0.0312. The molecule has 0 aromatic rings. The van der Waals surface area contributed by atoms with Crippen molar-refractivity contribution < 1.29 is 22.3 Å². The lowest BCUT2D eigenvalue weighted by Crippen LogP contribution is -2.42. The van der Waals surface area contributed by atoms with Gasteiger partial charge in [-0.1, -0.05) is 166 Å². The fourth-order valence-corrected chi connectivity index (χ4v) is 9.48. The van der Waals surface area contributed by atoms with Gasteiger partial charge in [-0.25, -0.2) is 17.6 Å². The van der Waals surface area contributed by atoms with Gasteiger partial charge in [-0.3, -0.25) is 0 Å². The van der Waals surface area contributed by atoms with E-state index in [0.29, 0.717) is 19.6 Å². The SMILES string of the molecule is CC.CC.CC.CC.CC.CC.CC.CC.CC.CC.CCN(CC)CCCNC.CN1CCC(F)(F)C1.CN1CCC(F)(F)CC1.CN1CCC(N(C)C)CC1.CN1CCCC1.CN1CCCCC1.CN1CCN(C)CC1.CN1CCOCC1.CNCC(C)CN(C)C.CNCCCN(C)C. The van der Waals surface area contributed by atoms with Crippen LogP contribution < -0.4 is 16.0 Å². The number of halogens is 4. The molecule has 7 aliphatic rings. The van der Waals surface area contributed by atoms with Gasteiger partial charge < -0.3 is 79.5 Å². The van der Waals surface area contributed by atoms with Gasteiger partial charge in [0.25, 0.3) is 11.8 Å². The van der Waals surface area contributed by atoms with Crippen LogP contribution in [0.2, 0.25) is 0 Å². The number of morpholine rings is 1. The van der Waals surface area contributed by atoms with E-state index in [1.807, 2.05) is 172 Å². The van der Waals surface area contributed by atoms with Gasteiger partial charge in [-0.15, -0.1) is 0 Å². The first-order chi connectivity index (χ1) is 48.6. The third kappa shape index (κ3) is 117. The van der Waals surface area contributed by atoms with Crippen molar-refractivity contribution in [2.24, 2.45) is 5.92 Å². The number of alkyl halides is 4. The summed E-state index contributed by atoms with van der Waals surface area (Å²) in [6.45, 7) is 74.3. The molecular formula is C82H201F4N15O. The van der Waals surface area contributed by atoms with Gasteiger partial charge in [0.15, 0.2) is 0 Å². The van der Waals surface area contributed by atoms with Crippen molar-refractivity contribution in [1.29, 1.82) is 0 Å². The molecule has 0 spiro atoms. The minimum Gasteiger partial charge on any atom is -0.379 e. The fourth-order valence-electron chi connectivity index (χ4n) is 9.48. The van der Waals surface area contributed by atoms with E-state index in [2.05, 4.69) is 170 Å². The summed E-state index contributed by atoms with van der Waals surface area (Å²) in [5.41, 5.74) is 0. The van der Waals surface area contributed by atoms with Crippen molar-refractivity contribution in [3.63, 3.8) is 0 Å². The summed E-state index contributed by atoms with van der Waals surface area (Å²) in [6, 6.07) is 0.830. The Hall–Kier alpha value is -0.920. The predicted octanol–water partition coefficient (Wildman–Crippen LogP) is 16.3. The number of likely N-dealkylation sites (tertiary alicyclic amines) is 5. The number of nitrogens with zero attached hydrogens (tertiary/aromatic N) is 12. The Morgan fingerprint density at radius 3 is 0.912 bits per heavy atom. The average molecular weight is 1490 g/mol. The van der Waals surface area contributed by atoms with Crippen LogP contribution in [0.25, 0.3) is 0 Å². The highest BCUT2D eigenvalue weighted by atomic mass is 19.3. The molecule has 20 heteroatoms. The van der Waals surface area contributed by atoms with Crippen LogP contribution in [-0.4, -0.2) is 367 Å². The molecule has 0 bridgehead atoms. The largest absolute Gasteiger partial charge is 0.379 e. The second-order valence-corrected chi connectivity index (χ2v) is 25.1. The number of rotatable bonds is 15. The van der Waals surface area contributed by atoms with Gasteiger partial charge in [0.1, 0.15) is 0 Å². The molecule has 1 atom stereocenters. The third-order valence-electron chi connectivity index (χ3n) is 15.4. The van der Waals surface area contributed by atoms with Crippen LogP contribution in [0.5, 0.6) is 0 Å². The van der Waals surface area contributed by atoms with Crippen LogP contribution in [0.1, 0.15) is 236 Å². The molecule has 0 saturated carbocycles. The normalized spacial score (nSPS) is 17.9. The number of piperazine rings is 1. The van der Waals surface area contributed by atoms with Crippen molar-refractivity contribution in [2.45, 2.75) is 254 Å². The number of hydrogen-bond donors (Lipinski definition) is 3. The van der Waals surface area contributed by atoms with E-state index in [4.69, 9.17) is 4.74 Å². The molecule has 7 rings (SSSR count). The highest BCUT2D eigenvalue weighted by Gasteiger charge is 2.36. The molecule has 638 valence electrons. The van der Waals surface area contributed by atoms with E-state index in [-0.39, 0.29) is 25.8 Å². The first-order valence-electron chi connectivity index (χ1n) is 42.1. The minimum atomic E-state index is -2.41. The predicted molar refractivity (Wildman–Crippen MR) is 463 cm³/mol. The lowest BCUT2D eigenvalue weighted by atomic mass is 10.1. The molecule has 7 heterocycles. The van der Waals surface area contributed by atoms with Crippen molar-refractivity contribution in [3.05, 3.63) is 0 Å². The zero-order valence-electron chi connectivity index (χ0n) is 77.8.